The van der Waals surface area contributed by atoms with E-state index in [4.69, 9.17) is 21.5 Å². The van der Waals surface area contributed by atoms with E-state index in [-0.39, 0.29) is 12.3 Å². The number of rotatable bonds is 14. The van der Waals surface area contributed by atoms with Crippen LogP contribution < -0.4 is 22.1 Å². The van der Waals surface area contributed by atoms with Crippen molar-refractivity contribution in [2.24, 2.45) is 21.5 Å². The first kappa shape index (κ1) is 37.8. The highest BCUT2D eigenvalue weighted by atomic mass is 15.1. The molecule has 2 unspecified atom stereocenters. The van der Waals surface area contributed by atoms with E-state index < -0.39 is 0 Å². The molecule has 6 nitrogen and oxygen atoms in total. The first-order chi connectivity index (χ1) is 28.6. The van der Waals surface area contributed by atoms with Crippen LogP contribution in [0, 0.1) is 0 Å². The maximum Gasteiger partial charge on any atom is 0.128 e. The third-order valence-corrected chi connectivity index (χ3v) is 10.3. The van der Waals surface area contributed by atoms with Crippen LogP contribution in [0.1, 0.15) is 45.7 Å². The molecule has 0 aliphatic rings. The van der Waals surface area contributed by atoms with Crippen LogP contribution in [-0.4, -0.2) is 11.7 Å². The zero-order chi connectivity index (χ0) is 39.5. The van der Waals surface area contributed by atoms with Crippen LogP contribution in [0.3, 0.4) is 0 Å². The summed E-state index contributed by atoms with van der Waals surface area (Å²) in [5.41, 5.74) is 23.9. The summed E-state index contributed by atoms with van der Waals surface area (Å²) in [4.78, 5) is 9.81. The lowest BCUT2D eigenvalue weighted by molar-refractivity contribution is 0.554. The Hall–Kier alpha value is -7.12. The van der Waals surface area contributed by atoms with Gasteiger partial charge in [0.1, 0.15) is 24.0 Å². The van der Waals surface area contributed by atoms with Crippen molar-refractivity contribution in [3.63, 3.8) is 0 Å². The van der Waals surface area contributed by atoms with E-state index in [9.17, 15) is 0 Å². The van der Waals surface area contributed by atoms with Crippen molar-refractivity contribution >= 4 is 22.4 Å². The third kappa shape index (κ3) is 9.45. The Morgan fingerprint density at radius 3 is 1.24 bits per heavy atom. The lowest BCUT2D eigenvalue weighted by Crippen LogP contribution is -2.23. The second-order valence-corrected chi connectivity index (χ2v) is 14.3. The summed E-state index contributed by atoms with van der Waals surface area (Å²) in [5.74, 6) is 0.992. The van der Waals surface area contributed by atoms with E-state index >= 15 is 0 Å². The predicted octanol–water partition coefficient (Wildman–Crippen LogP) is 10.6. The minimum Gasteiger partial charge on any atom is -0.383 e. The Kier molecular flexibility index (Phi) is 11.9. The molecule has 0 aliphatic heterocycles. The summed E-state index contributed by atoms with van der Waals surface area (Å²) in [6, 6.07) is 71.0. The van der Waals surface area contributed by atoms with Gasteiger partial charge in [0.2, 0.25) is 0 Å². The van der Waals surface area contributed by atoms with Crippen molar-refractivity contribution < 1.29 is 0 Å². The molecule has 0 aromatic heterocycles. The molecule has 284 valence electrons. The highest BCUT2D eigenvalue weighted by molar-refractivity contribution is 5.98. The van der Waals surface area contributed by atoms with E-state index in [1.165, 1.54) is 21.9 Å². The smallest absolute Gasteiger partial charge is 0.128 e. The topological polar surface area (TPSA) is 101 Å². The average molecular weight is 755 g/mol. The molecule has 58 heavy (non-hydrogen) atoms. The van der Waals surface area contributed by atoms with Gasteiger partial charge >= 0.3 is 0 Å². The van der Waals surface area contributed by atoms with Crippen LogP contribution in [-0.2, 0) is 13.1 Å². The number of benzene rings is 8. The number of nitrogens with two attached hydrogens (primary N) is 2. The minimum atomic E-state index is -0.281. The molecule has 6 N–H and O–H groups in total. The van der Waals surface area contributed by atoms with Gasteiger partial charge in [0.05, 0.1) is 0 Å². The zero-order valence-electron chi connectivity index (χ0n) is 32.2. The summed E-state index contributed by atoms with van der Waals surface area (Å²) >= 11 is 0. The van der Waals surface area contributed by atoms with Gasteiger partial charge in [-0.25, -0.2) is 9.98 Å². The summed E-state index contributed by atoms with van der Waals surface area (Å²) in [6.45, 7) is 1.32. The van der Waals surface area contributed by atoms with Gasteiger partial charge in [0, 0.05) is 24.2 Å². The normalized spacial score (nSPS) is 13.0. The molecule has 2 atom stereocenters. The lowest BCUT2D eigenvalue weighted by Gasteiger charge is -2.17. The molecular formula is C52H46N6. The van der Waals surface area contributed by atoms with Crippen LogP contribution in [0.2, 0.25) is 0 Å². The van der Waals surface area contributed by atoms with E-state index in [0.29, 0.717) is 24.8 Å². The van der Waals surface area contributed by atoms with E-state index in [1.807, 2.05) is 84.9 Å². The maximum absolute atomic E-state index is 6.63. The summed E-state index contributed by atoms with van der Waals surface area (Å²) in [7, 11) is 0. The van der Waals surface area contributed by atoms with Crippen LogP contribution in [0.25, 0.3) is 33.0 Å². The number of nitrogens with one attached hydrogen (secondary N) is 2. The van der Waals surface area contributed by atoms with Crippen LogP contribution in [0.15, 0.2) is 216 Å². The standard InChI is InChI=1S/C52H46N6/c53-49(42-15-7-2-8-16-42)57-52(45-19-11-4-12-20-45)56-36-38-21-23-39(24-22-38)46-31-27-41-28-32-47(34-48(41)33-46)40-25-29-43(30-26-40)50(54)58-51(44-17-9-3-10-18-44)55-35-37-13-5-1-6-14-37/h1-34,51-52,55-56H,35-36H2,(H2,53,57)(H2,54,58). The van der Waals surface area contributed by atoms with Crippen molar-refractivity contribution in [3.05, 3.63) is 240 Å². The number of hydrogen-bond acceptors (Lipinski definition) is 4. The molecule has 0 fully saturated rings. The van der Waals surface area contributed by atoms with Crippen LogP contribution in [0.5, 0.6) is 0 Å². The van der Waals surface area contributed by atoms with Gasteiger partial charge in [-0.05, 0) is 67.4 Å². The SMILES string of the molecule is NC(=NC(NCc1ccc(-c2ccc3ccc(-c4ccc(C(N)=NC(NCc5ccccc5)c5ccccc5)cc4)cc3c2)cc1)c1ccccc1)c1ccccc1. The third-order valence-electron chi connectivity index (χ3n) is 10.3. The summed E-state index contributed by atoms with van der Waals surface area (Å²) < 4.78 is 0. The van der Waals surface area contributed by atoms with Crippen molar-refractivity contribution in [1.29, 1.82) is 0 Å². The Bertz CT molecular complexity index is 2610. The molecule has 0 saturated heterocycles. The Morgan fingerprint density at radius 1 is 0.379 bits per heavy atom. The second kappa shape index (κ2) is 18.2. The fraction of sp³-hybridized carbons (Fsp3) is 0.0769. The van der Waals surface area contributed by atoms with Crippen molar-refractivity contribution in [1.82, 2.24) is 10.6 Å². The molecule has 8 aromatic rings. The Labute approximate surface area is 340 Å². The minimum absolute atomic E-state index is 0.277. The quantitative estimate of drug-likeness (QED) is 0.0656. The predicted molar refractivity (Wildman–Crippen MR) is 241 cm³/mol. The van der Waals surface area contributed by atoms with E-state index in [0.717, 1.165) is 44.5 Å². The molecule has 0 heterocycles. The van der Waals surface area contributed by atoms with Gasteiger partial charge in [-0.15, -0.1) is 0 Å². The summed E-state index contributed by atoms with van der Waals surface area (Å²) in [6.07, 6.45) is -0.558. The molecule has 0 radical (unpaired) electrons. The molecule has 0 amide bonds. The van der Waals surface area contributed by atoms with Crippen LogP contribution in [0.4, 0.5) is 0 Å². The fourth-order valence-electron chi connectivity index (χ4n) is 7.06. The van der Waals surface area contributed by atoms with Gasteiger partial charge in [0.15, 0.2) is 0 Å². The molecule has 0 bridgehead atoms. The van der Waals surface area contributed by atoms with E-state index in [2.05, 4.69) is 132 Å². The van der Waals surface area contributed by atoms with E-state index in [1.54, 1.807) is 0 Å². The van der Waals surface area contributed by atoms with Gasteiger partial charge in [-0.2, -0.15) is 0 Å². The van der Waals surface area contributed by atoms with Gasteiger partial charge < -0.3 is 11.5 Å². The number of hydrogen-bond donors (Lipinski definition) is 4. The van der Waals surface area contributed by atoms with Crippen molar-refractivity contribution in [2.75, 3.05) is 0 Å². The first-order valence-electron chi connectivity index (χ1n) is 19.6. The van der Waals surface area contributed by atoms with Crippen LogP contribution >= 0.6 is 0 Å². The molecule has 0 spiro atoms. The Morgan fingerprint density at radius 2 is 0.759 bits per heavy atom. The fourth-order valence-corrected chi connectivity index (χ4v) is 7.06. The molecule has 8 rings (SSSR count). The van der Waals surface area contributed by atoms with Gasteiger partial charge in [-0.1, -0.05) is 194 Å². The summed E-state index contributed by atoms with van der Waals surface area (Å²) in [5, 5.41) is 9.56. The number of nitrogens with zero attached hydrogens (tertiary/aromatic N) is 2. The molecule has 0 saturated carbocycles. The lowest BCUT2D eigenvalue weighted by atomic mass is 9.97. The van der Waals surface area contributed by atoms with Crippen molar-refractivity contribution in [3.8, 4) is 22.3 Å². The molecule has 8 aromatic carbocycles. The molecule has 6 heteroatoms. The number of aliphatic imine (C=N–C) groups is 2. The van der Waals surface area contributed by atoms with Gasteiger partial charge in [-0.3, -0.25) is 10.6 Å². The van der Waals surface area contributed by atoms with Crippen molar-refractivity contribution in [2.45, 2.75) is 25.4 Å². The number of amidine groups is 2. The first-order valence-corrected chi connectivity index (χ1v) is 19.6. The molecule has 0 aliphatic carbocycles. The van der Waals surface area contributed by atoms with Gasteiger partial charge in [0.25, 0.3) is 0 Å². The Balaban J connectivity index is 0.958. The number of fused-ring (bicyclic) bond motifs is 1. The second-order valence-electron chi connectivity index (χ2n) is 14.3. The highest BCUT2D eigenvalue weighted by Crippen LogP contribution is 2.30. The zero-order valence-corrected chi connectivity index (χ0v) is 32.2. The molecular weight excluding hydrogens is 709 g/mol. The average Bonchev–Trinajstić information content (AvgIpc) is 3.30. The maximum atomic E-state index is 6.63. The highest BCUT2D eigenvalue weighted by Gasteiger charge is 2.13. The monoisotopic (exact) mass is 754 g/mol. The largest absolute Gasteiger partial charge is 0.383 e.